The third kappa shape index (κ3) is 5.49. The summed E-state index contributed by atoms with van der Waals surface area (Å²) in [6.45, 7) is 4.98. The molecule has 168 valence electrons. The van der Waals surface area contributed by atoms with Crippen molar-refractivity contribution in [1.29, 1.82) is 0 Å². The molecule has 0 N–H and O–H groups in total. The summed E-state index contributed by atoms with van der Waals surface area (Å²) >= 11 is 0. The molecule has 0 aliphatic carbocycles. The van der Waals surface area contributed by atoms with Crippen molar-refractivity contribution in [1.82, 2.24) is 0 Å². The molecule has 3 aromatic rings. The van der Waals surface area contributed by atoms with Crippen LogP contribution in [0.4, 0.5) is 0 Å². The van der Waals surface area contributed by atoms with Crippen LogP contribution in [0.25, 0.3) is 0 Å². The molecule has 2 atom stereocenters. The maximum atomic E-state index is 6.41. The van der Waals surface area contributed by atoms with E-state index < -0.39 is 0 Å². The monoisotopic (exact) mass is 449 g/mol. The van der Waals surface area contributed by atoms with Crippen molar-refractivity contribution in [2.24, 2.45) is 4.99 Å². The quantitative estimate of drug-likeness (QED) is 0.283. The Labute approximate surface area is 193 Å². The summed E-state index contributed by atoms with van der Waals surface area (Å²) < 4.78 is 17.8. The Morgan fingerprint density at radius 3 is 2.34 bits per heavy atom. The van der Waals surface area contributed by atoms with Crippen LogP contribution < -0.4 is 19.5 Å². The molecule has 2 unspecified atom stereocenters. The topological polar surface area (TPSA) is 40.0 Å². The molecule has 5 heteroatoms. The zero-order valence-corrected chi connectivity index (χ0v) is 20.5. The summed E-state index contributed by atoms with van der Waals surface area (Å²) in [7, 11) is 5.68. The molecule has 3 rings (SSSR count). The van der Waals surface area contributed by atoms with Gasteiger partial charge in [-0.25, -0.2) is 0 Å². The van der Waals surface area contributed by atoms with Crippen LogP contribution in [-0.2, 0) is 11.8 Å². The average Bonchev–Trinajstić information content (AvgIpc) is 2.84. The third-order valence-corrected chi connectivity index (χ3v) is 7.55. The minimum absolute atomic E-state index is 0.175. The summed E-state index contributed by atoms with van der Waals surface area (Å²) in [5.41, 5.74) is 3.35. The van der Waals surface area contributed by atoms with E-state index in [-0.39, 0.29) is 5.16 Å². The standard InChI is InChI=1S/C27H32NO3P/c1-6-27(2,32-25-15-11-10-14-21(25)18-28-3)23-16-22(29-4)17-24(30-5)26(23)31-19-20-12-8-7-9-13-20/h7-18,32H,6,19H2,1-5H3. The van der Waals surface area contributed by atoms with Gasteiger partial charge >= 0.3 is 0 Å². The molecular formula is C27H32NO3P. The lowest BCUT2D eigenvalue weighted by Crippen LogP contribution is -2.21. The fraction of sp³-hybridized carbons (Fsp3) is 0.296. The fourth-order valence-corrected chi connectivity index (χ4v) is 5.20. The maximum Gasteiger partial charge on any atom is 0.166 e. The molecule has 0 fully saturated rings. The predicted molar refractivity (Wildman–Crippen MR) is 136 cm³/mol. The summed E-state index contributed by atoms with van der Waals surface area (Å²) in [4.78, 5) is 4.25. The first-order valence-corrected chi connectivity index (χ1v) is 11.8. The molecule has 0 amide bonds. The molecule has 3 aromatic carbocycles. The first kappa shape index (κ1) is 23.8. The van der Waals surface area contributed by atoms with Crippen molar-refractivity contribution in [3.05, 3.63) is 83.4 Å². The van der Waals surface area contributed by atoms with Gasteiger partial charge in [0.15, 0.2) is 11.5 Å². The van der Waals surface area contributed by atoms with Crippen LogP contribution in [0.2, 0.25) is 0 Å². The van der Waals surface area contributed by atoms with Gasteiger partial charge in [0.2, 0.25) is 0 Å². The van der Waals surface area contributed by atoms with Gasteiger partial charge < -0.3 is 14.2 Å². The molecule has 0 saturated carbocycles. The molecule has 0 radical (unpaired) electrons. The molecule has 0 aliphatic heterocycles. The van der Waals surface area contributed by atoms with Crippen LogP contribution in [0.5, 0.6) is 17.2 Å². The second-order valence-corrected chi connectivity index (χ2v) is 9.66. The molecular weight excluding hydrogens is 417 g/mol. The van der Waals surface area contributed by atoms with E-state index in [4.69, 9.17) is 14.2 Å². The van der Waals surface area contributed by atoms with Gasteiger partial charge in [0.25, 0.3) is 0 Å². The van der Waals surface area contributed by atoms with Gasteiger partial charge in [-0.3, -0.25) is 4.99 Å². The van der Waals surface area contributed by atoms with E-state index in [2.05, 4.69) is 61.3 Å². The van der Waals surface area contributed by atoms with Crippen molar-refractivity contribution >= 4 is 20.1 Å². The summed E-state index contributed by atoms with van der Waals surface area (Å²) in [5.74, 6) is 2.22. The molecule has 0 aromatic heterocycles. The van der Waals surface area contributed by atoms with Crippen molar-refractivity contribution < 1.29 is 14.2 Å². The normalized spacial score (nSPS) is 13.4. The lowest BCUT2D eigenvalue weighted by atomic mass is 9.95. The Morgan fingerprint density at radius 2 is 1.69 bits per heavy atom. The van der Waals surface area contributed by atoms with Gasteiger partial charge in [-0.2, -0.15) is 0 Å². The van der Waals surface area contributed by atoms with Gasteiger partial charge in [0, 0.05) is 30.0 Å². The van der Waals surface area contributed by atoms with Crippen LogP contribution in [0.1, 0.15) is 37.0 Å². The third-order valence-electron chi connectivity index (χ3n) is 5.65. The second-order valence-electron chi connectivity index (χ2n) is 7.77. The molecule has 32 heavy (non-hydrogen) atoms. The van der Waals surface area contributed by atoms with E-state index in [1.165, 1.54) is 5.30 Å². The first-order valence-electron chi connectivity index (χ1n) is 10.8. The SMILES string of the molecule is CCC(C)(Pc1ccccc1C=NC)c1cc(OC)cc(OC)c1OCc1ccccc1. The van der Waals surface area contributed by atoms with Crippen molar-refractivity contribution in [2.45, 2.75) is 32.0 Å². The number of nitrogens with zero attached hydrogens (tertiary/aromatic N) is 1. The van der Waals surface area contributed by atoms with Crippen molar-refractivity contribution in [3.63, 3.8) is 0 Å². The van der Waals surface area contributed by atoms with E-state index in [9.17, 15) is 0 Å². The second kappa shape index (κ2) is 11.2. The number of hydrogen-bond donors (Lipinski definition) is 0. The number of aliphatic imine (C=N–C) groups is 1. The molecule has 0 spiro atoms. The Morgan fingerprint density at radius 1 is 0.969 bits per heavy atom. The number of benzene rings is 3. The van der Waals surface area contributed by atoms with Gasteiger partial charge in [-0.15, -0.1) is 0 Å². The van der Waals surface area contributed by atoms with Crippen LogP contribution in [0, 0.1) is 0 Å². The number of rotatable bonds is 10. The number of ether oxygens (including phenoxy) is 3. The Bertz CT molecular complexity index is 1050. The lowest BCUT2D eigenvalue weighted by molar-refractivity contribution is 0.277. The van der Waals surface area contributed by atoms with E-state index in [0.717, 1.165) is 34.6 Å². The Hall–Kier alpha value is -2.84. The fourth-order valence-electron chi connectivity index (χ4n) is 3.64. The molecule has 0 saturated heterocycles. The average molecular weight is 450 g/mol. The molecule has 0 heterocycles. The van der Waals surface area contributed by atoms with Gasteiger partial charge in [-0.1, -0.05) is 77.0 Å². The molecule has 0 bridgehead atoms. The van der Waals surface area contributed by atoms with E-state index in [1.54, 1.807) is 21.3 Å². The van der Waals surface area contributed by atoms with Crippen molar-refractivity contribution in [2.75, 3.05) is 21.3 Å². The van der Waals surface area contributed by atoms with E-state index in [1.807, 2.05) is 30.5 Å². The summed E-state index contributed by atoms with van der Waals surface area (Å²) in [5, 5.41) is 1.10. The number of hydrogen-bond acceptors (Lipinski definition) is 4. The Kier molecular flexibility index (Phi) is 8.30. The highest BCUT2D eigenvalue weighted by Gasteiger charge is 2.32. The van der Waals surface area contributed by atoms with Gasteiger partial charge in [-0.05, 0) is 28.9 Å². The maximum absolute atomic E-state index is 6.41. The zero-order valence-electron chi connectivity index (χ0n) is 19.5. The van der Waals surface area contributed by atoms with Crippen LogP contribution >= 0.6 is 8.58 Å². The van der Waals surface area contributed by atoms with Crippen LogP contribution in [-0.4, -0.2) is 27.5 Å². The number of methoxy groups -OCH3 is 2. The van der Waals surface area contributed by atoms with E-state index in [0.29, 0.717) is 20.9 Å². The van der Waals surface area contributed by atoms with Crippen LogP contribution in [0.15, 0.2) is 71.7 Å². The van der Waals surface area contributed by atoms with Gasteiger partial charge in [0.1, 0.15) is 12.4 Å². The summed E-state index contributed by atoms with van der Waals surface area (Å²) in [6.07, 6.45) is 2.86. The highest BCUT2D eigenvalue weighted by Crippen LogP contribution is 2.51. The highest BCUT2D eigenvalue weighted by molar-refractivity contribution is 7.48. The van der Waals surface area contributed by atoms with Gasteiger partial charge in [0.05, 0.1) is 14.2 Å². The first-order chi connectivity index (χ1) is 15.5. The zero-order chi connectivity index (χ0) is 23.0. The largest absolute Gasteiger partial charge is 0.497 e. The lowest BCUT2D eigenvalue weighted by Gasteiger charge is -2.32. The van der Waals surface area contributed by atoms with E-state index >= 15 is 0 Å². The predicted octanol–water partition coefficient (Wildman–Crippen LogP) is 5.96. The van der Waals surface area contributed by atoms with Crippen LogP contribution in [0.3, 0.4) is 0 Å². The minimum atomic E-state index is -0.175. The van der Waals surface area contributed by atoms with Crippen molar-refractivity contribution in [3.8, 4) is 17.2 Å². The molecule has 0 aliphatic rings. The summed E-state index contributed by atoms with van der Waals surface area (Å²) in [6, 6.07) is 22.6. The minimum Gasteiger partial charge on any atom is -0.497 e. The Balaban J connectivity index is 2.07. The smallest absolute Gasteiger partial charge is 0.166 e. The molecule has 4 nitrogen and oxygen atoms in total. The highest BCUT2D eigenvalue weighted by atomic mass is 31.1.